The Kier molecular flexibility index (Phi) is 5.51. The molecule has 12 heteroatoms. The number of nitrogens with one attached hydrogen (secondary N) is 1. The molecule has 4 rings (SSSR count). The molecule has 1 N–H and O–H groups in total. The highest BCUT2D eigenvalue weighted by molar-refractivity contribution is 7.91. The van der Waals surface area contributed by atoms with Crippen molar-refractivity contribution in [3.05, 3.63) is 50.1 Å². The summed E-state index contributed by atoms with van der Waals surface area (Å²) in [5.41, 5.74) is 1.36. The summed E-state index contributed by atoms with van der Waals surface area (Å²) < 4.78 is 30.6. The lowest BCUT2D eigenvalue weighted by Gasteiger charge is -2.09. The van der Waals surface area contributed by atoms with Gasteiger partial charge in [-0.2, -0.15) is 5.10 Å². The largest absolute Gasteiger partial charge is 0.454 e. The van der Waals surface area contributed by atoms with Crippen LogP contribution < -0.4 is 5.56 Å². The quantitative estimate of drug-likeness (QED) is 0.449. The Morgan fingerprint density at radius 1 is 1.50 bits per heavy atom. The summed E-state index contributed by atoms with van der Waals surface area (Å²) >= 11 is 7.66. The fraction of sp³-hybridized carbons (Fsp3) is 0.333. The first kappa shape index (κ1) is 20.8. The molecule has 0 radical (unpaired) electrons. The first-order valence-electron chi connectivity index (χ1n) is 9.00. The first-order chi connectivity index (χ1) is 14.2. The van der Waals surface area contributed by atoms with E-state index >= 15 is 0 Å². The number of aryl methyl sites for hydroxylation is 1. The number of thiophene rings is 1. The summed E-state index contributed by atoms with van der Waals surface area (Å²) in [6.45, 7) is 1.54. The van der Waals surface area contributed by atoms with Gasteiger partial charge in [-0.3, -0.25) is 4.79 Å². The van der Waals surface area contributed by atoms with Crippen LogP contribution in [0.3, 0.4) is 0 Å². The van der Waals surface area contributed by atoms with E-state index in [1.54, 1.807) is 18.4 Å². The van der Waals surface area contributed by atoms with Crippen molar-refractivity contribution in [3.8, 4) is 0 Å². The van der Waals surface area contributed by atoms with Gasteiger partial charge in [0.2, 0.25) is 0 Å². The zero-order valence-electron chi connectivity index (χ0n) is 15.8. The van der Waals surface area contributed by atoms with Crippen LogP contribution in [0.5, 0.6) is 0 Å². The van der Waals surface area contributed by atoms with Crippen molar-refractivity contribution in [1.82, 2.24) is 19.7 Å². The molecule has 1 fully saturated rings. The summed E-state index contributed by atoms with van der Waals surface area (Å²) in [6.07, 6.45) is 3.13. The van der Waals surface area contributed by atoms with E-state index in [0.717, 1.165) is 0 Å². The molecule has 1 saturated heterocycles. The lowest BCUT2D eigenvalue weighted by Crippen LogP contribution is -2.12. The summed E-state index contributed by atoms with van der Waals surface area (Å²) in [7, 11) is -3.08. The standard InChI is InChI=1S/C18H17ClN4O5S2/c1-10-12(17(19)23(22-10)11-5-7-30(26,27)9-11)2-3-15(24)28-8-14-20-13-4-6-29-16(13)18(25)21-14/h2-4,6,11H,5,7-9H2,1H3,(H,20,21,25)/b3-2+/t11-/m0/s1. The van der Waals surface area contributed by atoms with Gasteiger partial charge < -0.3 is 9.72 Å². The molecule has 0 aromatic carbocycles. The molecule has 1 atom stereocenters. The van der Waals surface area contributed by atoms with E-state index in [-0.39, 0.29) is 40.7 Å². The van der Waals surface area contributed by atoms with E-state index in [0.29, 0.717) is 27.9 Å². The number of sulfone groups is 1. The molecule has 158 valence electrons. The Morgan fingerprint density at radius 2 is 2.30 bits per heavy atom. The van der Waals surface area contributed by atoms with Crippen LogP contribution in [0.15, 0.2) is 22.3 Å². The molecule has 3 aromatic rings. The van der Waals surface area contributed by atoms with Crippen molar-refractivity contribution >= 4 is 55.0 Å². The van der Waals surface area contributed by atoms with Crippen LogP contribution in [-0.2, 0) is 26.0 Å². The number of H-pyrrole nitrogens is 1. The Hall–Kier alpha value is -2.50. The van der Waals surface area contributed by atoms with Crippen molar-refractivity contribution in [1.29, 1.82) is 0 Å². The Labute approximate surface area is 180 Å². The van der Waals surface area contributed by atoms with Crippen LogP contribution >= 0.6 is 22.9 Å². The molecule has 0 bridgehead atoms. The van der Waals surface area contributed by atoms with Crippen LogP contribution in [0.1, 0.15) is 29.5 Å². The van der Waals surface area contributed by atoms with E-state index in [2.05, 4.69) is 15.1 Å². The molecule has 4 heterocycles. The maximum absolute atomic E-state index is 12.1. The van der Waals surface area contributed by atoms with Crippen LogP contribution in [0.25, 0.3) is 16.3 Å². The number of rotatable bonds is 5. The minimum absolute atomic E-state index is 0.00128. The molecule has 9 nitrogen and oxygen atoms in total. The predicted octanol–water partition coefficient (Wildman–Crippen LogP) is 2.26. The zero-order chi connectivity index (χ0) is 21.5. The number of carbonyl (C=O) groups is 1. The first-order valence-corrected chi connectivity index (χ1v) is 12.1. The number of carbonyl (C=O) groups excluding carboxylic acids is 1. The van der Waals surface area contributed by atoms with Gasteiger partial charge in [0.15, 0.2) is 9.84 Å². The third kappa shape index (κ3) is 4.18. The number of hydrogen-bond donors (Lipinski definition) is 1. The van der Waals surface area contributed by atoms with E-state index in [1.807, 2.05) is 0 Å². The Morgan fingerprint density at radius 3 is 3.03 bits per heavy atom. The normalized spacial score (nSPS) is 18.4. The van der Waals surface area contributed by atoms with Crippen molar-refractivity contribution in [2.45, 2.75) is 26.0 Å². The molecule has 0 unspecified atom stereocenters. The summed E-state index contributed by atoms with van der Waals surface area (Å²) in [5.74, 6) is -0.289. The zero-order valence-corrected chi connectivity index (χ0v) is 18.2. The highest BCUT2D eigenvalue weighted by atomic mass is 35.5. The molecule has 0 spiro atoms. The van der Waals surface area contributed by atoms with Gasteiger partial charge in [-0.05, 0) is 30.9 Å². The van der Waals surface area contributed by atoms with Gasteiger partial charge in [0.25, 0.3) is 5.56 Å². The highest BCUT2D eigenvalue weighted by Gasteiger charge is 2.31. The minimum atomic E-state index is -3.08. The molecular formula is C18H17ClN4O5S2. The van der Waals surface area contributed by atoms with Gasteiger partial charge in [0.05, 0.1) is 28.8 Å². The maximum atomic E-state index is 12.1. The number of aromatic nitrogens is 4. The fourth-order valence-corrected chi connectivity index (χ4v) is 6.05. The topological polar surface area (TPSA) is 124 Å². The monoisotopic (exact) mass is 468 g/mol. The van der Waals surface area contributed by atoms with E-state index in [1.165, 1.54) is 28.2 Å². The van der Waals surface area contributed by atoms with E-state index in [9.17, 15) is 18.0 Å². The summed E-state index contributed by atoms with van der Waals surface area (Å²) in [4.78, 5) is 30.9. The van der Waals surface area contributed by atoms with E-state index < -0.39 is 15.8 Å². The molecular weight excluding hydrogens is 452 g/mol. The van der Waals surface area contributed by atoms with Gasteiger partial charge in [0.1, 0.15) is 22.3 Å². The van der Waals surface area contributed by atoms with Crippen molar-refractivity contribution in [3.63, 3.8) is 0 Å². The van der Waals surface area contributed by atoms with Crippen LogP contribution in [0.4, 0.5) is 0 Å². The molecule has 1 aliphatic rings. The Bertz CT molecular complexity index is 1320. The molecule has 0 saturated carbocycles. The van der Waals surface area contributed by atoms with Crippen molar-refractivity contribution in [2.24, 2.45) is 0 Å². The number of esters is 1. The number of ether oxygens (including phenoxy) is 1. The average Bonchev–Trinajstić information content (AvgIpc) is 3.37. The maximum Gasteiger partial charge on any atom is 0.331 e. The average molecular weight is 469 g/mol. The highest BCUT2D eigenvalue weighted by Crippen LogP contribution is 2.30. The van der Waals surface area contributed by atoms with E-state index in [4.69, 9.17) is 16.3 Å². The van der Waals surface area contributed by atoms with Crippen LogP contribution in [0.2, 0.25) is 5.15 Å². The Balaban J connectivity index is 1.44. The summed E-state index contributed by atoms with van der Waals surface area (Å²) in [6, 6.07) is 1.41. The molecule has 3 aromatic heterocycles. The van der Waals surface area contributed by atoms with Gasteiger partial charge in [-0.15, -0.1) is 11.3 Å². The SMILES string of the molecule is Cc1nn([C@H]2CCS(=O)(=O)C2)c(Cl)c1/C=C/C(=O)OCc1nc2ccsc2c(=O)[nH]1. The minimum Gasteiger partial charge on any atom is -0.454 e. The van der Waals surface area contributed by atoms with Gasteiger partial charge in [0, 0.05) is 11.6 Å². The summed E-state index contributed by atoms with van der Waals surface area (Å²) in [5, 5.41) is 6.36. The second-order valence-electron chi connectivity index (χ2n) is 6.88. The van der Waals surface area contributed by atoms with Gasteiger partial charge in [-0.1, -0.05) is 11.6 Å². The third-order valence-electron chi connectivity index (χ3n) is 4.73. The van der Waals surface area contributed by atoms with Crippen LogP contribution in [0, 0.1) is 6.92 Å². The number of aromatic amines is 1. The number of nitrogens with zero attached hydrogens (tertiary/aromatic N) is 3. The smallest absolute Gasteiger partial charge is 0.331 e. The van der Waals surface area contributed by atoms with Gasteiger partial charge >= 0.3 is 5.97 Å². The molecule has 0 aliphatic carbocycles. The number of hydrogen-bond acceptors (Lipinski definition) is 8. The molecule has 0 amide bonds. The number of fused-ring (bicyclic) bond motifs is 1. The predicted molar refractivity (Wildman–Crippen MR) is 113 cm³/mol. The fourth-order valence-electron chi connectivity index (χ4n) is 3.26. The van der Waals surface area contributed by atoms with Crippen molar-refractivity contribution < 1.29 is 17.9 Å². The third-order valence-corrected chi connectivity index (χ3v) is 7.76. The van der Waals surface area contributed by atoms with Crippen LogP contribution in [-0.4, -0.2) is 45.6 Å². The molecule has 1 aliphatic heterocycles. The van der Waals surface area contributed by atoms with Gasteiger partial charge in [-0.25, -0.2) is 22.9 Å². The lowest BCUT2D eigenvalue weighted by atomic mass is 10.2. The second kappa shape index (κ2) is 7.97. The molecule has 30 heavy (non-hydrogen) atoms. The second-order valence-corrected chi connectivity index (χ2v) is 10.4. The van der Waals surface area contributed by atoms with Crippen molar-refractivity contribution in [2.75, 3.05) is 11.5 Å². The lowest BCUT2D eigenvalue weighted by molar-refractivity contribution is -0.139. The number of halogens is 1.